The van der Waals surface area contributed by atoms with Gasteiger partial charge in [0.2, 0.25) is 0 Å². The van der Waals surface area contributed by atoms with Gasteiger partial charge in [-0.25, -0.2) is 4.98 Å². The molecule has 0 atom stereocenters. The molecule has 0 aliphatic rings. The molecule has 0 fully saturated rings. The minimum atomic E-state index is -0.490. The monoisotopic (exact) mass is 208 g/mol. The normalized spacial score (nSPS) is 10.4. The van der Waals surface area contributed by atoms with E-state index >= 15 is 0 Å². The molecule has 1 aromatic heterocycles. The molecule has 0 bridgehead atoms. The Kier molecular flexibility index (Phi) is 2.05. The van der Waals surface area contributed by atoms with E-state index in [9.17, 15) is 10.1 Å². The van der Waals surface area contributed by atoms with E-state index in [0.29, 0.717) is 15.9 Å². The summed E-state index contributed by atoms with van der Waals surface area (Å²) in [6.07, 6.45) is 1.22. The lowest BCUT2D eigenvalue weighted by Gasteiger charge is -1.98. The molecule has 2 aromatic rings. The summed E-state index contributed by atoms with van der Waals surface area (Å²) in [7, 11) is 0. The third-order valence-electron chi connectivity index (χ3n) is 1.87. The van der Waals surface area contributed by atoms with Gasteiger partial charge >= 0.3 is 0 Å². The molecule has 0 spiro atoms. The summed E-state index contributed by atoms with van der Waals surface area (Å²) in [6, 6.07) is 6.61. The summed E-state index contributed by atoms with van der Waals surface area (Å²) in [5.74, 6) is 0. The van der Waals surface area contributed by atoms with Crippen molar-refractivity contribution in [1.29, 1.82) is 0 Å². The summed E-state index contributed by atoms with van der Waals surface area (Å²) >= 11 is 5.87. The Bertz CT molecular complexity index is 513. The first-order valence-electron chi connectivity index (χ1n) is 3.87. The quantitative estimate of drug-likeness (QED) is 0.535. The van der Waals surface area contributed by atoms with Crippen LogP contribution in [0.3, 0.4) is 0 Å². The second-order valence-corrected chi connectivity index (χ2v) is 3.16. The lowest BCUT2D eigenvalue weighted by molar-refractivity contribution is -0.385. The lowest BCUT2D eigenvalue weighted by Crippen LogP contribution is -1.89. The van der Waals surface area contributed by atoms with Gasteiger partial charge in [0.05, 0.1) is 15.5 Å². The molecular weight excluding hydrogens is 204 g/mol. The molecule has 0 aliphatic heterocycles. The van der Waals surface area contributed by atoms with E-state index in [1.54, 1.807) is 18.2 Å². The van der Waals surface area contributed by atoms with Gasteiger partial charge in [-0.1, -0.05) is 17.7 Å². The summed E-state index contributed by atoms with van der Waals surface area (Å²) in [5, 5.41) is 11.5. The summed E-state index contributed by atoms with van der Waals surface area (Å²) < 4.78 is 0. The van der Waals surface area contributed by atoms with Crippen LogP contribution < -0.4 is 0 Å². The molecule has 0 N–H and O–H groups in total. The number of halogens is 1. The Morgan fingerprint density at radius 3 is 2.93 bits per heavy atom. The third-order valence-corrected chi connectivity index (χ3v) is 2.20. The number of aromatic nitrogens is 1. The highest BCUT2D eigenvalue weighted by molar-refractivity contribution is 6.35. The Morgan fingerprint density at radius 1 is 1.43 bits per heavy atom. The van der Waals surface area contributed by atoms with Crippen LogP contribution in [-0.2, 0) is 0 Å². The van der Waals surface area contributed by atoms with Crippen LogP contribution in [0.25, 0.3) is 10.9 Å². The SMILES string of the molecule is O=[N+]([O-])c1cnc2cccc(Cl)c2c1. The minimum absolute atomic E-state index is 0.0504. The van der Waals surface area contributed by atoms with Crippen LogP contribution in [0.1, 0.15) is 0 Å². The smallest absolute Gasteiger partial charge is 0.258 e. The average molecular weight is 209 g/mol. The zero-order valence-electron chi connectivity index (χ0n) is 6.98. The van der Waals surface area contributed by atoms with E-state index in [4.69, 9.17) is 11.6 Å². The molecule has 2 rings (SSSR count). The topological polar surface area (TPSA) is 56.0 Å². The molecule has 0 unspecified atom stereocenters. The van der Waals surface area contributed by atoms with Crippen molar-refractivity contribution in [2.45, 2.75) is 0 Å². The van der Waals surface area contributed by atoms with Gasteiger partial charge < -0.3 is 0 Å². The molecule has 5 heteroatoms. The van der Waals surface area contributed by atoms with Crippen molar-refractivity contribution >= 4 is 28.2 Å². The average Bonchev–Trinajstić information content (AvgIpc) is 2.18. The van der Waals surface area contributed by atoms with Gasteiger partial charge in [-0.3, -0.25) is 10.1 Å². The summed E-state index contributed by atoms with van der Waals surface area (Å²) in [6.45, 7) is 0. The van der Waals surface area contributed by atoms with Crippen molar-refractivity contribution < 1.29 is 4.92 Å². The van der Waals surface area contributed by atoms with Gasteiger partial charge in [0, 0.05) is 11.5 Å². The number of nitro groups is 1. The van der Waals surface area contributed by atoms with E-state index in [0.717, 1.165) is 0 Å². The Morgan fingerprint density at radius 2 is 2.21 bits per heavy atom. The lowest BCUT2D eigenvalue weighted by atomic mass is 10.2. The van der Waals surface area contributed by atoms with Crippen LogP contribution in [0, 0.1) is 10.1 Å². The second-order valence-electron chi connectivity index (χ2n) is 2.76. The number of nitrogens with zero attached hydrogens (tertiary/aromatic N) is 2. The van der Waals surface area contributed by atoms with Gasteiger partial charge in [0.15, 0.2) is 0 Å². The highest BCUT2D eigenvalue weighted by atomic mass is 35.5. The maximum atomic E-state index is 10.5. The zero-order chi connectivity index (χ0) is 10.1. The Hall–Kier alpha value is -1.68. The predicted molar refractivity (Wildman–Crippen MR) is 53.4 cm³/mol. The molecule has 1 heterocycles. The van der Waals surface area contributed by atoms with Crippen molar-refractivity contribution in [1.82, 2.24) is 4.98 Å². The first kappa shape index (κ1) is 8.90. The molecule has 70 valence electrons. The maximum absolute atomic E-state index is 10.5. The summed E-state index contributed by atoms with van der Waals surface area (Å²) in [5.41, 5.74) is 0.605. The highest BCUT2D eigenvalue weighted by Crippen LogP contribution is 2.24. The van der Waals surface area contributed by atoms with Crippen LogP contribution >= 0.6 is 11.6 Å². The van der Waals surface area contributed by atoms with Gasteiger partial charge in [-0.15, -0.1) is 0 Å². The Labute approximate surface area is 84.3 Å². The van der Waals surface area contributed by atoms with Crippen molar-refractivity contribution in [3.8, 4) is 0 Å². The third kappa shape index (κ3) is 1.40. The van der Waals surface area contributed by atoms with E-state index in [2.05, 4.69) is 4.98 Å². The number of hydrogen-bond acceptors (Lipinski definition) is 3. The first-order valence-corrected chi connectivity index (χ1v) is 4.25. The number of fused-ring (bicyclic) bond motifs is 1. The van der Waals surface area contributed by atoms with E-state index < -0.39 is 4.92 Å². The van der Waals surface area contributed by atoms with E-state index in [1.165, 1.54) is 12.3 Å². The molecule has 1 aromatic carbocycles. The first-order chi connectivity index (χ1) is 6.68. The van der Waals surface area contributed by atoms with Gasteiger partial charge in [-0.05, 0) is 12.1 Å². The van der Waals surface area contributed by atoms with E-state index in [-0.39, 0.29) is 5.69 Å². The number of benzene rings is 1. The van der Waals surface area contributed by atoms with Crippen molar-refractivity contribution in [2.24, 2.45) is 0 Å². The Balaban J connectivity index is 2.76. The standard InChI is InChI=1S/C9H5ClN2O2/c10-8-2-1-3-9-7(8)4-6(5-11-9)12(13)14/h1-5H. The fourth-order valence-corrected chi connectivity index (χ4v) is 1.43. The zero-order valence-corrected chi connectivity index (χ0v) is 7.73. The molecule has 4 nitrogen and oxygen atoms in total. The van der Waals surface area contributed by atoms with Crippen molar-refractivity contribution in [2.75, 3.05) is 0 Å². The fourth-order valence-electron chi connectivity index (χ4n) is 1.20. The largest absolute Gasteiger partial charge is 0.288 e. The minimum Gasteiger partial charge on any atom is -0.258 e. The fraction of sp³-hybridized carbons (Fsp3) is 0. The molecule has 0 amide bonds. The van der Waals surface area contributed by atoms with Gasteiger partial charge in [0.1, 0.15) is 6.20 Å². The number of hydrogen-bond donors (Lipinski definition) is 0. The number of pyridine rings is 1. The van der Waals surface area contributed by atoms with Gasteiger partial charge in [-0.2, -0.15) is 0 Å². The second kappa shape index (κ2) is 3.23. The van der Waals surface area contributed by atoms with Gasteiger partial charge in [0.25, 0.3) is 5.69 Å². The van der Waals surface area contributed by atoms with Crippen LogP contribution in [-0.4, -0.2) is 9.91 Å². The summed E-state index contributed by atoms with van der Waals surface area (Å²) in [4.78, 5) is 13.9. The highest BCUT2D eigenvalue weighted by Gasteiger charge is 2.08. The van der Waals surface area contributed by atoms with E-state index in [1.807, 2.05) is 0 Å². The molecule has 0 aliphatic carbocycles. The molecule has 0 radical (unpaired) electrons. The molecule has 0 saturated heterocycles. The number of rotatable bonds is 1. The van der Waals surface area contributed by atoms with Crippen molar-refractivity contribution in [3.05, 3.63) is 45.6 Å². The predicted octanol–water partition coefficient (Wildman–Crippen LogP) is 2.80. The molecule has 14 heavy (non-hydrogen) atoms. The molecular formula is C9H5ClN2O2. The van der Waals surface area contributed by atoms with Crippen LogP contribution in [0.4, 0.5) is 5.69 Å². The van der Waals surface area contributed by atoms with Crippen LogP contribution in [0.5, 0.6) is 0 Å². The molecule has 0 saturated carbocycles. The van der Waals surface area contributed by atoms with Crippen LogP contribution in [0.15, 0.2) is 30.5 Å². The van der Waals surface area contributed by atoms with Crippen LogP contribution in [0.2, 0.25) is 5.02 Å². The van der Waals surface area contributed by atoms with Crippen molar-refractivity contribution in [3.63, 3.8) is 0 Å². The maximum Gasteiger partial charge on any atom is 0.288 e.